The van der Waals surface area contributed by atoms with E-state index in [2.05, 4.69) is 26.2 Å². The molecule has 1 N–H and O–H groups in total. The number of nitrogens with zero attached hydrogens (tertiary/aromatic N) is 1. The van der Waals surface area contributed by atoms with Gasteiger partial charge in [0.1, 0.15) is 5.15 Å². The van der Waals surface area contributed by atoms with Crippen LogP contribution in [0.1, 0.15) is 23.0 Å². The number of nitrogens with one attached hydrogen (secondary N) is 1. The number of amides is 1. The molecule has 0 aliphatic rings. The summed E-state index contributed by atoms with van der Waals surface area (Å²) in [5.41, 5.74) is 2.02. The van der Waals surface area contributed by atoms with E-state index in [4.69, 9.17) is 11.6 Å². The van der Waals surface area contributed by atoms with Gasteiger partial charge in [0.05, 0.1) is 5.69 Å². The fourth-order valence-corrected chi connectivity index (χ4v) is 2.23. The number of carbonyl (C=O) groups excluding carboxylic acids is 1. The lowest BCUT2D eigenvalue weighted by Crippen LogP contribution is -2.13. The van der Waals surface area contributed by atoms with Crippen LogP contribution in [0.15, 0.2) is 40.9 Å². The quantitative estimate of drug-likeness (QED) is 0.847. The van der Waals surface area contributed by atoms with Crippen molar-refractivity contribution in [2.45, 2.75) is 13.3 Å². The van der Waals surface area contributed by atoms with Crippen LogP contribution in [-0.4, -0.2) is 10.9 Å². The van der Waals surface area contributed by atoms with Crippen molar-refractivity contribution in [2.75, 3.05) is 5.32 Å². The maximum Gasteiger partial charge on any atom is 0.255 e. The third-order valence-corrected chi connectivity index (χ3v) is 3.48. The maximum atomic E-state index is 12.2. The zero-order valence-corrected chi connectivity index (χ0v) is 12.6. The summed E-state index contributed by atoms with van der Waals surface area (Å²) in [6.45, 7) is 1.97. The highest BCUT2D eigenvalue weighted by atomic mass is 79.9. The van der Waals surface area contributed by atoms with Crippen molar-refractivity contribution < 1.29 is 4.79 Å². The van der Waals surface area contributed by atoms with E-state index in [1.807, 2.05) is 31.2 Å². The predicted molar refractivity (Wildman–Crippen MR) is 80.7 cm³/mol. The molecule has 0 saturated heterocycles. The van der Waals surface area contributed by atoms with Crippen LogP contribution in [0.2, 0.25) is 5.15 Å². The molecule has 19 heavy (non-hydrogen) atoms. The lowest BCUT2D eigenvalue weighted by atomic mass is 10.2. The maximum absolute atomic E-state index is 12.2. The molecule has 1 amide bonds. The largest absolute Gasteiger partial charge is 0.321 e. The molecule has 0 spiro atoms. The Balaban J connectivity index is 2.25. The first-order valence-corrected chi connectivity index (χ1v) is 6.99. The summed E-state index contributed by atoms with van der Waals surface area (Å²) in [6.07, 6.45) is 0.732. The highest BCUT2D eigenvalue weighted by Crippen LogP contribution is 2.22. The van der Waals surface area contributed by atoms with E-state index in [9.17, 15) is 4.79 Å². The fourth-order valence-electron chi connectivity index (χ4n) is 1.62. The molecule has 2 rings (SSSR count). The van der Waals surface area contributed by atoms with Gasteiger partial charge in [0.2, 0.25) is 0 Å². The Bertz CT molecular complexity index is 616. The van der Waals surface area contributed by atoms with E-state index in [0.29, 0.717) is 10.7 Å². The summed E-state index contributed by atoms with van der Waals surface area (Å²) in [4.78, 5) is 16.3. The molecule has 0 radical (unpaired) electrons. The van der Waals surface area contributed by atoms with Crippen LogP contribution in [0.3, 0.4) is 0 Å². The number of para-hydroxylation sites is 1. The van der Waals surface area contributed by atoms with Gasteiger partial charge in [0, 0.05) is 15.7 Å². The molecular weight excluding hydrogens is 328 g/mol. The number of pyridine rings is 1. The van der Waals surface area contributed by atoms with Crippen molar-refractivity contribution in [1.82, 2.24) is 4.98 Å². The smallest absolute Gasteiger partial charge is 0.255 e. The van der Waals surface area contributed by atoms with Gasteiger partial charge in [0.15, 0.2) is 0 Å². The van der Waals surface area contributed by atoms with Gasteiger partial charge in [0.25, 0.3) is 5.91 Å². The average Bonchev–Trinajstić information content (AvgIpc) is 2.40. The van der Waals surface area contributed by atoms with Gasteiger partial charge in [-0.05, 0) is 46.6 Å². The summed E-state index contributed by atoms with van der Waals surface area (Å²) >= 11 is 9.29. The topological polar surface area (TPSA) is 42.0 Å². The third kappa shape index (κ3) is 3.55. The molecule has 1 heterocycles. The SMILES string of the molecule is CCc1cc(C(=O)Nc2ccccc2Br)cc(Cl)n1. The molecule has 0 aliphatic heterocycles. The van der Waals surface area contributed by atoms with Gasteiger partial charge in [-0.3, -0.25) is 4.79 Å². The Morgan fingerprint density at radius 3 is 2.79 bits per heavy atom. The predicted octanol–water partition coefficient (Wildman–Crippen LogP) is 4.31. The molecule has 0 aliphatic carbocycles. The van der Waals surface area contributed by atoms with Gasteiger partial charge in [-0.25, -0.2) is 4.98 Å². The van der Waals surface area contributed by atoms with E-state index >= 15 is 0 Å². The Kier molecular flexibility index (Phi) is 4.56. The first-order valence-electron chi connectivity index (χ1n) is 5.82. The van der Waals surface area contributed by atoms with Crippen LogP contribution >= 0.6 is 27.5 Å². The summed E-state index contributed by atoms with van der Waals surface area (Å²) in [5.74, 6) is -0.203. The number of hydrogen-bond donors (Lipinski definition) is 1. The fraction of sp³-hybridized carbons (Fsp3) is 0.143. The summed E-state index contributed by atoms with van der Waals surface area (Å²) in [6, 6.07) is 10.7. The van der Waals surface area contributed by atoms with Crippen LogP contribution < -0.4 is 5.32 Å². The minimum atomic E-state index is -0.203. The van der Waals surface area contributed by atoms with Crippen molar-refractivity contribution in [2.24, 2.45) is 0 Å². The molecule has 0 bridgehead atoms. The number of aryl methyl sites for hydroxylation is 1. The molecule has 5 heteroatoms. The minimum absolute atomic E-state index is 0.203. The van der Waals surface area contributed by atoms with E-state index in [0.717, 1.165) is 22.3 Å². The number of halogens is 2. The summed E-state index contributed by atoms with van der Waals surface area (Å²) in [7, 11) is 0. The minimum Gasteiger partial charge on any atom is -0.321 e. The molecule has 98 valence electrons. The molecule has 0 fully saturated rings. The molecule has 2 aromatic rings. The first-order chi connectivity index (χ1) is 9.10. The van der Waals surface area contributed by atoms with Gasteiger partial charge in [-0.2, -0.15) is 0 Å². The summed E-state index contributed by atoms with van der Waals surface area (Å²) < 4.78 is 0.833. The van der Waals surface area contributed by atoms with E-state index in [1.54, 1.807) is 12.1 Å². The second-order valence-corrected chi connectivity index (χ2v) is 5.20. The highest BCUT2D eigenvalue weighted by Gasteiger charge is 2.10. The first kappa shape index (κ1) is 14.0. The van der Waals surface area contributed by atoms with Crippen LogP contribution in [0.5, 0.6) is 0 Å². The Morgan fingerprint density at radius 1 is 1.37 bits per heavy atom. The highest BCUT2D eigenvalue weighted by molar-refractivity contribution is 9.10. The van der Waals surface area contributed by atoms with Crippen LogP contribution in [0, 0.1) is 0 Å². The van der Waals surface area contributed by atoms with Gasteiger partial charge in [-0.1, -0.05) is 30.7 Å². The molecule has 0 atom stereocenters. The van der Waals surface area contributed by atoms with Crippen molar-refractivity contribution in [1.29, 1.82) is 0 Å². The molecule has 3 nitrogen and oxygen atoms in total. The summed E-state index contributed by atoms with van der Waals surface area (Å²) in [5, 5.41) is 3.16. The monoisotopic (exact) mass is 338 g/mol. The number of anilines is 1. The second kappa shape index (κ2) is 6.17. The lowest BCUT2D eigenvalue weighted by molar-refractivity contribution is 0.102. The molecule has 1 aromatic carbocycles. The molecule has 0 unspecified atom stereocenters. The standard InChI is InChI=1S/C14H12BrClN2O/c1-2-10-7-9(8-13(16)17-10)14(19)18-12-6-4-3-5-11(12)15/h3-8H,2H2,1H3,(H,18,19). The van der Waals surface area contributed by atoms with Crippen LogP contribution in [0.4, 0.5) is 5.69 Å². The third-order valence-electron chi connectivity index (χ3n) is 2.59. The van der Waals surface area contributed by atoms with E-state index in [-0.39, 0.29) is 5.91 Å². The average molecular weight is 340 g/mol. The van der Waals surface area contributed by atoms with Crippen molar-refractivity contribution in [3.05, 3.63) is 57.3 Å². The van der Waals surface area contributed by atoms with Gasteiger partial charge in [-0.15, -0.1) is 0 Å². The second-order valence-electron chi connectivity index (χ2n) is 3.96. The van der Waals surface area contributed by atoms with E-state index in [1.165, 1.54) is 0 Å². The zero-order chi connectivity index (χ0) is 13.8. The van der Waals surface area contributed by atoms with Crippen molar-refractivity contribution in [3.63, 3.8) is 0 Å². The number of rotatable bonds is 3. The number of hydrogen-bond acceptors (Lipinski definition) is 2. The van der Waals surface area contributed by atoms with Crippen LogP contribution in [-0.2, 0) is 6.42 Å². The lowest BCUT2D eigenvalue weighted by Gasteiger charge is -2.08. The Hall–Kier alpha value is -1.39. The van der Waals surface area contributed by atoms with E-state index < -0.39 is 0 Å². The molecule has 0 saturated carbocycles. The number of aromatic nitrogens is 1. The normalized spacial score (nSPS) is 10.3. The Labute approximate surface area is 125 Å². The zero-order valence-electron chi connectivity index (χ0n) is 10.3. The number of carbonyl (C=O) groups is 1. The molecule has 1 aromatic heterocycles. The van der Waals surface area contributed by atoms with Crippen molar-refractivity contribution >= 4 is 39.1 Å². The van der Waals surface area contributed by atoms with Crippen molar-refractivity contribution in [3.8, 4) is 0 Å². The van der Waals surface area contributed by atoms with Crippen LogP contribution in [0.25, 0.3) is 0 Å². The number of benzene rings is 1. The molecular formula is C14H12BrClN2O. The van der Waals surface area contributed by atoms with Gasteiger partial charge < -0.3 is 5.32 Å². The van der Waals surface area contributed by atoms with Gasteiger partial charge >= 0.3 is 0 Å². The Morgan fingerprint density at radius 2 is 2.11 bits per heavy atom.